The van der Waals surface area contributed by atoms with Crippen molar-refractivity contribution in [2.75, 3.05) is 0 Å². The molecule has 0 aliphatic heterocycles. The van der Waals surface area contributed by atoms with Crippen molar-refractivity contribution >= 4 is 6.09 Å². The highest BCUT2D eigenvalue weighted by atomic mass is 16.6. The summed E-state index contributed by atoms with van der Waals surface area (Å²) in [7, 11) is 0. The van der Waals surface area contributed by atoms with E-state index < -0.39 is 11.7 Å². The van der Waals surface area contributed by atoms with Crippen molar-refractivity contribution in [1.82, 2.24) is 15.3 Å². The van der Waals surface area contributed by atoms with Crippen LogP contribution in [0.4, 0.5) is 4.79 Å². The van der Waals surface area contributed by atoms with Crippen LogP contribution in [0.1, 0.15) is 32.3 Å². The molecule has 0 saturated carbocycles. The van der Waals surface area contributed by atoms with E-state index in [-0.39, 0.29) is 0 Å². The second-order valence-corrected chi connectivity index (χ2v) is 4.45. The monoisotopic (exact) mass is 223 g/mol. The fourth-order valence-electron chi connectivity index (χ4n) is 1.08. The number of ether oxygens (including phenoxy) is 1. The lowest BCUT2D eigenvalue weighted by Gasteiger charge is -2.19. The number of aryl methyl sites for hydroxylation is 1. The molecule has 0 unspecified atom stereocenters. The number of hydrogen-bond donors (Lipinski definition) is 1. The van der Waals surface area contributed by atoms with Crippen LogP contribution in [0.25, 0.3) is 0 Å². The summed E-state index contributed by atoms with van der Waals surface area (Å²) in [5, 5.41) is 2.63. The number of hydrogen-bond acceptors (Lipinski definition) is 4. The van der Waals surface area contributed by atoms with Gasteiger partial charge < -0.3 is 10.1 Å². The van der Waals surface area contributed by atoms with E-state index in [1.165, 1.54) is 0 Å². The lowest BCUT2D eigenvalue weighted by Crippen LogP contribution is -2.32. The van der Waals surface area contributed by atoms with Gasteiger partial charge in [0.15, 0.2) is 0 Å². The minimum absolute atomic E-state index is 0.346. The molecule has 0 atom stereocenters. The van der Waals surface area contributed by atoms with Crippen molar-refractivity contribution in [3.63, 3.8) is 0 Å². The summed E-state index contributed by atoms with van der Waals surface area (Å²) in [4.78, 5) is 19.5. The average molecular weight is 223 g/mol. The van der Waals surface area contributed by atoms with E-state index in [4.69, 9.17) is 4.74 Å². The van der Waals surface area contributed by atoms with Gasteiger partial charge in [0.1, 0.15) is 11.4 Å². The molecule has 0 radical (unpaired) electrons. The highest BCUT2D eigenvalue weighted by molar-refractivity contribution is 5.67. The van der Waals surface area contributed by atoms with Gasteiger partial charge in [0, 0.05) is 6.20 Å². The van der Waals surface area contributed by atoms with E-state index >= 15 is 0 Å². The van der Waals surface area contributed by atoms with E-state index in [1.807, 2.05) is 20.8 Å². The average Bonchev–Trinajstić information content (AvgIpc) is 2.12. The molecule has 1 rings (SSSR count). The SMILES string of the molecule is Cc1nccc(CNC(=O)OC(C)(C)C)n1. The van der Waals surface area contributed by atoms with Crippen LogP contribution in [-0.2, 0) is 11.3 Å². The minimum Gasteiger partial charge on any atom is -0.444 e. The van der Waals surface area contributed by atoms with E-state index in [1.54, 1.807) is 19.2 Å². The van der Waals surface area contributed by atoms with Crippen molar-refractivity contribution in [3.05, 3.63) is 23.8 Å². The Bertz CT molecular complexity index is 372. The molecule has 1 heterocycles. The summed E-state index contributed by atoms with van der Waals surface area (Å²) in [6.07, 6.45) is 1.22. The topological polar surface area (TPSA) is 64.1 Å². The van der Waals surface area contributed by atoms with Gasteiger partial charge in [-0.05, 0) is 33.8 Å². The van der Waals surface area contributed by atoms with Crippen molar-refractivity contribution in [2.24, 2.45) is 0 Å². The summed E-state index contributed by atoms with van der Waals surface area (Å²) >= 11 is 0. The minimum atomic E-state index is -0.480. The van der Waals surface area contributed by atoms with Crippen molar-refractivity contribution in [2.45, 2.75) is 39.8 Å². The molecule has 0 fully saturated rings. The Morgan fingerprint density at radius 3 is 2.75 bits per heavy atom. The number of carbonyl (C=O) groups excluding carboxylic acids is 1. The zero-order chi connectivity index (χ0) is 12.2. The molecule has 0 saturated heterocycles. The maximum atomic E-state index is 11.3. The smallest absolute Gasteiger partial charge is 0.407 e. The molecule has 0 spiro atoms. The van der Waals surface area contributed by atoms with E-state index in [9.17, 15) is 4.79 Å². The van der Waals surface area contributed by atoms with Crippen LogP contribution in [0.5, 0.6) is 0 Å². The predicted octanol–water partition coefficient (Wildman–Crippen LogP) is 1.81. The van der Waals surface area contributed by atoms with E-state index in [0.29, 0.717) is 12.4 Å². The molecule has 1 amide bonds. The fourth-order valence-corrected chi connectivity index (χ4v) is 1.08. The first-order valence-corrected chi connectivity index (χ1v) is 5.12. The molecule has 1 aromatic rings. The first-order chi connectivity index (χ1) is 7.37. The molecule has 5 nitrogen and oxygen atoms in total. The normalized spacial score (nSPS) is 11.0. The summed E-state index contributed by atoms with van der Waals surface area (Å²) in [6.45, 7) is 7.61. The van der Waals surface area contributed by atoms with Crippen LogP contribution in [0.3, 0.4) is 0 Å². The Balaban J connectivity index is 2.43. The summed E-state index contributed by atoms with van der Waals surface area (Å²) in [5.41, 5.74) is 0.282. The van der Waals surface area contributed by atoms with Gasteiger partial charge >= 0.3 is 6.09 Å². The predicted molar refractivity (Wildman–Crippen MR) is 59.8 cm³/mol. The number of nitrogens with one attached hydrogen (secondary N) is 1. The largest absolute Gasteiger partial charge is 0.444 e. The molecular formula is C11H17N3O2. The third-order valence-corrected chi connectivity index (χ3v) is 1.65. The Morgan fingerprint density at radius 2 is 2.19 bits per heavy atom. The van der Waals surface area contributed by atoms with Crippen LogP contribution < -0.4 is 5.32 Å². The third kappa shape index (κ3) is 4.72. The van der Waals surface area contributed by atoms with Crippen LogP contribution in [0, 0.1) is 6.92 Å². The number of carbonyl (C=O) groups is 1. The second kappa shape index (κ2) is 4.92. The van der Waals surface area contributed by atoms with Crippen LogP contribution in [0.2, 0.25) is 0 Å². The van der Waals surface area contributed by atoms with Crippen molar-refractivity contribution in [3.8, 4) is 0 Å². The van der Waals surface area contributed by atoms with E-state index in [0.717, 1.165) is 5.69 Å². The Labute approximate surface area is 95.3 Å². The Hall–Kier alpha value is -1.65. The molecule has 1 N–H and O–H groups in total. The first-order valence-electron chi connectivity index (χ1n) is 5.12. The summed E-state index contributed by atoms with van der Waals surface area (Å²) < 4.78 is 5.10. The number of aromatic nitrogens is 2. The van der Waals surface area contributed by atoms with Crippen LogP contribution >= 0.6 is 0 Å². The van der Waals surface area contributed by atoms with Gasteiger partial charge in [-0.1, -0.05) is 0 Å². The van der Waals surface area contributed by atoms with Gasteiger partial charge in [-0.3, -0.25) is 0 Å². The third-order valence-electron chi connectivity index (χ3n) is 1.65. The fraction of sp³-hybridized carbons (Fsp3) is 0.545. The highest BCUT2D eigenvalue weighted by Crippen LogP contribution is 2.06. The van der Waals surface area contributed by atoms with Crippen molar-refractivity contribution < 1.29 is 9.53 Å². The molecule has 16 heavy (non-hydrogen) atoms. The van der Waals surface area contributed by atoms with E-state index in [2.05, 4.69) is 15.3 Å². The van der Waals surface area contributed by atoms with Gasteiger partial charge in [-0.15, -0.1) is 0 Å². The molecular weight excluding hydrogens is 206 g/mol. The molecule has 0 bridgehead atoms. The lowest BCUT2D eigenvalue weighted by atomic mass is 10.2. The van der Waals surface area contributed by atoms with Gasteiger partial charge in [0.2, 0.25) is 0 Å². The molecule has 0 aliphatic carbocycles. The Kier molecular flexibility index (Phi) is 3.82. The standard InChI is InChI=1S/C11H17N3O2/c1-8-12-6-5-9(14-8)7-13-10(15)16-11(2,3)4/h5-6H,7H2,1-4H3,(H,13,15). The van der Waals surface area contributed by atoms with Gasteiger partial charge in [0.25, 0.3) is 0 Å². The number of alkyl carbamates (subject to hydrolysis) is 1. The second-order valence-electron chi connectivity index (χ2n) is 4.45. The number of rotatable bonds is 2. The zero-order valence-corrected chi connectivity index (χ0v) is 10.1. The summed E-state index contributed by atoms with van der Waals surface area (Å²) in [6, 6.07) is 1.75. The van der Waals surface area contributed by atoms with Crippen molar-refractivity contribution in [1.29, 1.82) is 0 Å². The number of amides is 1. The highest BCUT2D eigenvalue weighted by Gasteiger charge is 2.15. The molecule has 0 aliphatic rings. The Morgan fingerprint density at radius 1 is 1.50 bits per heavy atom. The maximum absolute atomic E-state index is 11.3. The summed E-state index contributed by atoms with van der Waals surface area (Å²) in [5.74, 6) is 0.684. The lowest BCUT2D eigenvalue weighted by molar-refractivity contribution is 0.0523. The molecule has 5 heteroatoms. The maximum Gasteiger partial charge on any atom is 0.407 e. The molecule has 1 aromatic heterocycles. The zero-order valence-electron chi connectivity index (χ0n) is 10.1. The van der Waals surface area contributed by atoms with Gasteiger partial charge in [-0.2, -0.15) is 0 Å². The number of nitrogens with zero attached hydrogens (tertiary/aromatic N) is 2. The van der Waals surface area contributed by atoms with Gasteiger partial charge in [0.05, 0.1) is 12.2 Å². The van der Waals surface area contributed by atoms with Gasteiger partial charge in [-0.25, -0.2) is 14.8 Å². The van der Waals surface area contributed by atoms with Crippen LogP contribution in [0.15, 0.2) is 12.3 Å². The first kappa shape index (κ1) is 12.4. The molecule has 0 aromatic carbocycles. The van der Waals surface area contributed by atoms with Crippen LogP contribution in [-0.4, -0.2) is 21.7 Å². The molecule has 88 valence electrons. The quantitative estimate of drug-likeness (QED) is 0.830.